The molecule has 0 amide bonds. The fourth-order valence-electron chi connectivity index (χ4n) is 2.74. The second-order valence-corrected chi connectivity index (χ2v) is 6.10. The number of esters is 1. The van der Waals surface area contributed by atoms with Crippen molar-refractivity contribution in [2.24, 2.45) is 5.92 Å². The van der Waals surface area contributed by atoms with Gasteiger partial charge in [0.25, 0.3) is 0 Å². The molecule has 0 aliphatic rings. The molecule has 7 heteroatoms. The third kappa shape index (κ3) is 6.58. The van der Waals surface area contributed by atoms with Gasteiger partial charge in [-0.1, -0.05) is 30.3 Å². The summed E-state index contributed by atoms with van der Waals surface area (Å²) in [6, 6.07) is 12.2. The van der Waals surface area contributed by atoms with Crippen molar-refractivity contribution in [1.29, 1.82) is 0 Å². The third-order valence-electron chi connectivity index (χ3n) is 4.18. The lowest BCUT2D eigenvalue weighted by molar-refractivity contribution is -0.177. The number of benzene rings is 1. The zero-order valence-corrected chi connectivity index (χ0v) is 15.1. The van der Waals surface area contributed by atoms with Crippen LogP contribution >= 0.6 is 0 Å². The van der Waals surface area contributed by atoms with Crippen LogP contribution in [0.4, 0.5) is 19.0 Å². The number of hydrogen-bond acceptors (Lipinski definition) is 4. The van der Waals surface area contributed by atoms with Gasteiger partial charge in [0, 0.05) is 12.7 Å². The largest absolute Gasteiger partial charge is 0.462 e. The van der Waals surface area contributed by atoms with Crippen molar-refractivity contribution in [1.82, 2.24) is 4.98 Å². The van der Waals surface area contributed by atoms with Crippen molar-refractivity contribution in [2.45, 2.75) is 32.4 Å². The third-order valence-corrected chi connectivity index (χ3v) is 4.18. The standard InChI is InChI=1S/C20H23F3N2O2/c1-2-27-19(26)17-9-6-13-24-18(17)25-14-12-16(20(21,22)23)11-10-15-7-4-3-5-8-15/h3-9,13,16H,2,10-12,14H2,1H3,(H,24,25)/t16-/m1/s1. The van der Waals surface area contributed by atoms with Crippen LogP contribution < -0.4 is 5.32 Å². The number of nitrogens with one attached hydrogen (secondary N) is 1. The molecule has 146 valence electrons. The highest BCUT2D eigenvalue weighted by molar-refractivity contribution is 5.94. The van der Waals surface area contributed by atoms with Crippen LogP contribution in [0.2, 0.25) is 0 Å². The highest BCUT2D eigenvalue weighted by Crippen LogP contribution is 2.32. The first kappa shape index (κ1) is 20.7. The molecule has 1 aromatic heterocycles. The van der Waals surface area contributed by atoms with Crippen molar-refractivity contribution in [3.05, 3.63) is 59.8 Å². The minimum Gasteiger partial charge on any atom is -0.462 e. The number of aryl methyl sites for hydroxylation is 1. The Balaban J connectivity index is 1.95. The predicted molar refractivity (Wildman–Crippen MR) is 97.6 cm³/mol. The summed E-state index contributed by atoms with van der Waals surface area (Å²) >= 11 is 0. The van der Waals surface area contributed by atoms with Crippen molar-refractivity contribution >= 4 is 11.8 Å². The molecule has 2 rings (SSSR count). The number of carbonyl (C=O) groups excluding carboxylic acids is 1. The Hall–Kier alpha value is -2.57. The minimum absolute atomic E-state index is 0.0160. The quantitative estimate of drug-likeness (QED) is 0.631. The minimum atomic E-state index is -4.27. The van der Waals surface area contributed by atoms with E-state index in [0.717, 1.165) is 5.56 Å². The van der Waals surface area contributed by atoms with E-state index in [-0.39, 0.29) is 37.4 Å². The molecule has 0 aliphatic heterocycles. The molecule has 0 saturated carbocycles. The van der Waals surface area contributed by atoms with Crippen LogP contribution in [-0.2, 0) is 11.2 Å². The Kier molecular flexibility index (Phi) is 7.64. The molecule has 0 saturated heterocycles. The number of ether oxygens (including phenoxy) is 1. The first-order chi connectivity index (χ1) is 12.9. The molecule has 0 aliphatic carbocycles. The van der Waals surface area contributed by atoms with E-state index in [1.165, 1.54) is 12.3 Å². The number of anilines is 1. The number of halogens is 3. The van der Waals surface area contributed by atoms with Crippen LogP contribution in [-0.4, -0.2) is 30.3 Å². The number of rotatable bonds is 9. The van der Waals surface area contributed by atoms with E-state index in [1.807, 2.05) is 30.3 Å². The van der Waals surface area contributed by atoms with Gasteiger partial charge in [-0.15, -0.1) is 0 Å². The molecule has 1 heterocycles. The SMILES string of the molecule is CCOC(=O)c1cccnc1NCC[C@@H](CCc1ccccc1)C(F)(F)F. The average Bonchev–Trinajstić information content (AvgIpc) is 2.65. The maximum Gasteiger partial charge on any atom is 0.391 e. The topological polar surface area (TPSA) is 51.2 Å². The Morgan fingerprint density at radius 2 is 1.89 bits per heavy atom. The summed E-state index contributed by atoms with van der Waals surface area (Å²) < 4.78 is 45.0. The highest BCUT2D eigenvalue weighted by atomic mass is 19.4. The van der Waals surface area contributed by atoms with Crippen molar-refractivity contribution < 1.29 is 22.7 Å². The van der Waals surface area contributed by atoms with E-state index in [2.05, 4.69) is 10.3 Å². The Morgan fingerprint density at radius 1 is 1.15 bits per heavy atom. The fourth-order valence-corrected chi connectivity index (χ4v) is 2.74. The van der Waals surface area contributed by atoms with E-state index >= 15 is 0 Å². The summed E-state index contributed by atoms with van der Waals surface area (Å²) in [5, 5.41) is 2.84. The molecule has 0 spiro atoms. The van der Waals surface area contributed by atoms with Crippen LogP contribution in [0.3, 0.4) is 0 Å². The van der Waals surface area contributed by atoms with Crippen LogP contribution in [0, 0.1) is 5.92 Å². The maximum atomic E-state index is 13.3. The van der Waals surface area contributed by atoms with Gasteiger partial charge >= 0.3 is 12.1 Å². The number of alkyl halides is 3. The van der Waals surface area contributed by atoms with Gasteiger partial charge in [-0.2, -0.15) is 13.2 Å². The molecular formula is C20H23F3N2O2. The van der Waals surface area contributed by atoms with Crippen molar-refractivity contribution in [3.8, 4) is 0 Å². The molecule has 1 atom stereocenters. The van der Waals surface area contributed by atoms with E-state index in [1.54, 1.807) is 13.0 Å². The normalized spacial score (nSPS) is 12.4. The van der Waals surface area contributed by atoms with E-state index in [4.69, 9.17) is 4.74 Å². The van der Waals surface area contributed by atoms with Crippen molar-refractivity contribution in [2.75, 3.05) is 18.5 Å². The van der Waals surface area contributed by atoms with Crippen LogP contribution in [0.15, 0.2) is 48.7 Å². The van der Waals surface area contributed by atoms with Gasteiger partial charge in [-0.3, -0.25) is 0 Å². The Bertz CT molecular complexity index is 721. The van der Waals surface area contributed by atoms with E-state index in [9.17, 15) is 18.0 Å². The fraction of sp³-hybridized carbons (Fsp3) is 0.400. The molecule has 0 bridgehead atoms. The predicted octanol–water partition coefficient (Wildman–Crippen LogP) is 4.87. The summed E-state index contributed by atoms with van der Waals surface area (Å²) in [4.78, 5) is 15.9. The van der Waals surface area contributed by atoms with Crippen LogP contribution in [0.25, 0.3) is 0 Å². The molecule has 0 unspecified atom stereocenters. The molecule has 0 fully saturated rings. The summed E-state index contributed by atoms with van der Waals surface area (Å²) in [6.07, 6.45) is -2.52. The highest BCUT2D eigenvalue weighted by Gasteiger charge is 2.38. The van der Waals surface area contributed by atoms with E-state index < -0.39 is 18.1 Å². The Morgan fingerprint density at radius 3 is 2.56 bits per heavy atom. The van der Waals surface area contributed by atoms with Gasteiger partial charge in [0.1, 0.15) is 11.4 Å². The first-order valence-corrected chi connectivity index (χ1v) is 8.88. The molecule has 0 radical (unpaired) electrons. The summed E-state index contributed by atoms with van der Waals surface area (Å²) in [5.74, 6) is -1.75. The second kappa shape index (κ2) is 9.94. The van der Waals surface area contributed by atoms with Gasteiger partial charge < -0.3 is 10.1 Å². The van der Waals surface area contributed by atoms with Crippen LogP contribution in [0.5, 0.6) is 0 Å². The lowest BCUT2D eigenvalue weighted by atomic mass is 9.96. The first-order valence-electron chi connectivity index (χ1n) is 8.88. The molecule has 27 heavy (non-hydrogen) atoms. The molecular weight excluding hydrogens is 357 g/mol. The van der Waals surface area contributed by atoms with Gasteiger partial charge in [-0.05, 0) is 43.9 Å². The monoisotopic (exact) mass is 380 g/mol. The molecule has 4 nitrogen and oxygen atoms in total. The summed E-state index contributed by atoms with van der Waals surface area (Å²) in [6.45, 7) is 1.95. The summed E-state index contributed by atoms with van der Waals surface area (Å²) in [5.41, 5.74) is 1.10. The van der Waals surface area contributed by atoms with Gasteiger partial charge in [0.15, 0.2) is 0 Å². The number of aromatic nitrogens is 1. The molecule has 1 aromatic carbocycles. The zero-order valence-electron chi connectivity index (χ0n) is 15.1. The van der Waals surface area contributed by atoms with Gasteiger partial charge in [0.05, 0.1) is 12.5 Å². The lowest BCUT2D eigenvalue weighted by Gasteiger charge is -2.21. The smallest absolute Gasteiger partial charge is 0.391 e. The number of pyridine rings is 1. The summed E-state index contributed by atoms with van der Waals surface area (Å²) in [7, 11) is 0. The number of carbonyl (C=O) groups is 1. The van der Waals surface area contributed by atoms with E-state index in [0.29, 0.717) is 6.42 Å². The van der Waals surface area contributed by atoms with Gasteiger partial charge in [0.2, 0.25) is 0 Å². The number of nitrogens with zero attached hydrogens (tertiary/aromatic N) is 1. The maximum absolute atomic E-state index is 13.3. The van der Waals surface area contributed by atoms with Crippen LogP contribution in [0.1, 0.15) is 35.7 Å². The number of hydrogen-bond donors (Lipinski definition) is 1. The second-order valence-electron chi connectivity index (χ2n) is 6.10. The Labute approximate surface area is 156 Å². The average molecular weight is 380 g/mol. The van der Waals surface area contributed by atoms with Gasteiger partial charge in [-0.25, -0.2) is 9.78 Å². The lowest BCUT2D eigenvalue weighted by Crippen LogP contribution is -2.26. The zero-order chi connectivity index (χ0) is 19.7. The molecule has 2 aromatic rings. The molecule has 1 N–H and O–H groups in total. The van der Waals surface area contributed by atoms with Crippen molar-refractivity contribution in [3.63, 3.8) is 0 Å².